The Morgan fingerprint density at radius 3 is 2.58 bits per heavy atom. The van der Waals surface area contributed by atoms with E-state index in [1.54, 1.807) is 18.2 Å². The fourth-order valence-electron chi connectivity index (χ4n) is 1.66. The Bertz CT molecular complexity index is 742. The number of rotatable bonds is 4. The first-order valence-corrected chi connectivity index (χ1v) is 7.58. The topological polar surface area (TPSA) is 83.5 Å². The zero-order valence-electron chi connectivity index (χ0n) is 9.63. The SMILES string of the molecule is O=C(O)CNS(=O)(=O)c1ccc2ccccc2c1Br. The second-order valence-corrected chi connectivity index (χ2v) is 6.35. The highest BCUT2D eigenvalue weighted by molar-refractivity contribution is 9.10. The molecule has 0 aliphatic rings. The van der Waals surface area contributed by atoms with Crippen LogP contribution >= 0.6 is 15.9 Å². The van der Waals surface area contributed by atoms with Crippen LogP contribution in [0.1, 0.15) is 0 Å². The number of halogens is 1. The third-order valence-corrected chi connectivity index (χ3v) is 5.09. The number of carbonyl (C=O) groups is 1. The number of benzene rings is 2. The van der Waals surface area contributed by atoms with Crippen LogP contribution in [0.3, 0.4) is 0 Å². The maximum atomic E-state index is 12.0. The Kier molecular flexibility index (Phi) is 3.88. The molecule has 100 valence electrons. The Balaban J connectivity index is 2.51. The highest BCUT2D eigenvalue weighted by atomic mass is 79.9. The molecule has 19 heavy (non-hydrogen) atoms. The summed E-state index contributed by atoms with van der Waals surface area (Å²) in [6.07, 6.45) is 0. The molecule has 0 radical (unpaired) electrons. The number of hydrogen-bond acceptors (Lipinski definition) is 3. The second-order valence-electron chi connectivity index (χ2n) is 3.82. The average molecular weight is 344 g/mol. The molecule has 0 aliphatic heterocycles. The molecule has 2 N–H and O–H groups in total. The zero-order chi connectivity index (χ0) is 14.0. The third kappa shape index (κ3) is 2.94. The molecular weight excluding hydrogens is 334 g/mol. The summed E-state index contributed by atoms with van der Waals surface area (Å²) in [4.78, 5) is 10.5. The van der Waals surface area contributed by atoms with Crippen LogP contribution in [0.5, 0.6) is 0 Å². The van der Waals surface area contributed by atoms with E-state index in [1.807, 2.05) is 16.9 Å². The summed E-state index contributed by atoms with van der Waals surface area (Å²) in [5, 5.41) is 10.2. The van der Waals surface area contributed by atoms with Crippen molar-refractivity contribution in [2.24, 2.45) is 0 Å². The van der Waals surface area contributed by atoms with Crippen LogP contribution < -0.4 is 4.72 Å². The van der Waals surface area contributed by atoms with Crippen molar-refractivity contribution in [2.45, 2.75) is 4.90 Å². The summed E-state index contributed by atoms with van der Waals surface area (Å²) in [6, 6.07) is 10.4. The Hall–Kier alpha value is -1.44. The molecule has 7 heteroatoms. The van der Waals surface area contributed by atoms with Crippen LogP contribution in [0.25, 0.3) is 10.8 Å². The molecule has 2 rings (SSSR count). The van der Waals surface area contributed by atoms with Crippen molar-refractivity contribution in [3.63, 3.8) is 0 Å². The van der Waals surface area contributed by atoms with E-state index in [-0.39, 0.29) is 4.90 Å². The summed E-state index contributed by atoms with van der Waals surface area (Å²) < 4.78 is 26.4. The molecule has 0 aliphatic carbocycles. The number of sulfonamides is 1. The number of hydrogen-bond donors (Lipinski definition) is 2. The van der Waals surface area contributed by atoms with Gasteiger partial charge in [0.15, 0.2) is 0 Å². The van der Waals surface area contributed by atoms with E-state index in [1.165, 1.54) is 6.07 Å². The van der Waals surface area contributed by atoms with E-state index in [0.717, 1.165) is 10.8 Å². The minimum absolute atomic E-state index is 0.0208. The van der Waals surface area contributed by atoms with E-state index in [2.05, 4.69) is 15.9 Å². The highest BCUT2D eigenvalue weighted by Crippen LogP contribution is 2.30. The van der Waals surface area contributed by atoms with Crippen molar-refractivity contribution in [1.82, 2.24) is 4.72 Å². The number of aliphatic carboxylic acids is 1. The van der Waals surface area contributed by atoms with E-state index >= 15 is 0 Å². The third-order valence-electron chi connectivity index (χ3n) is 2.53. The lowest BCUT2D eigenvalue weighted by molar-refractivity contribution is -0.135. The molecule has 0 atom stereocenters. The average Bonchev–Trinajstić information content (AvgIpc) is 2.37. The second kappa shape index (κ2) is 5.28. The first kappa shape index (κ1) is 14.0. The van der Waals surface area contributed by atoms with Crippen molar-refractivity contribution in [2.75, 3.05) is 6.54 Å². The smallest absolute Gasteiger partial charge is 0.318 e. The van der Waals surface area contributed by atoms with E-state index in [9.17, 15) is 13.2 Å². The van der Waals surface area contributed by atoms with Gasteiger partial charge in [0.1, 0.15) is 6.54 Å². The lowest BCUT2D eigenvalue weighted by Crippen LogP contribution is -2.29. The van der Waals surface area contributed by atoms with Crippen LogP contribution in [0.15, 0.2) is 45.8 Å². The van der Waals surface area contributed by atoms with Gasteiger partial charge in [0.2, 0.25) is 10.0 Å². The van der Waals surface area contributed by atoms with Crippen LogP contribution in [0.2, 0.25) is 0 Å². The number of nitrogens with one attached hydrogen (secondary N) is 1. The molecule has 0 unspecified atom stereocenters. The Morgan fingerprint density at radius 1 is 1.21 bits per heavy atom. The van der Waals surface area contributed by atoms with Gasteiger partial charge in [0.25, 0.3) is 0 Å². The maximum absolute atomic E-state index is 12.0. The van der Waals surface area contributed by atoms with Crippen molar-refractivity contribution >= 4 is 42.7 Å². The number of fused-ring (bicyclic) bond motifs is 1. The predicted octanol–water partition coefficient (Wildman–Crippen LogP) is 1.97. The largest absolute Gasteiger partial charge is 0.480 e. The van der Waals surface area contributed by atoms with Gasteiger partial charge in [-0.05, 0) is 32.8 Å². The molecule has 0 fully saturated rings. The van der Waals surface area contributed by atoms with Crippen LogP contribution in [0, 0.1) is 0 Å². The van der Waals surface area contributed by atoms with Gasteiger partial charge in [-0.3, -0.25) is 4.79 Å². The van der Waals surface area contributed by atoms with Crippen LogP contribution in [-0.4, -0.2) is 26.0 Å². The van der Waals surface area contributed by atoms with Crippen molar-refractivity contribution in [3.8, 4) is 0 Å². The summed E-state index contributed by atoms with van der Waals surface area (Å²) >= 11 is 3.26. The minimum Gasteiger partial charge on any atom is -0.480 e. The molecule has 2 aromatic rings. The lowest BCUT2D eigenvalue weighted by Gasteiger charge is -2.09. The van der Waals surface area contributed by atoms with Gasteiger partial charge >= 0.3 is 5.97 Å². The quantitative estimate of drug-likeness (QED) is 0.888. The number of carboxylic acid groups (broad SMARTS) is 1. The molecule has 0 heterocycles. The Morgan fingerprint density at radius 2 is 1.89 bits per heavy atom. The van der Waals surface area contributed by atoms with Gasteiger partial charge in [0.05, 0.1) is 4.90 Å². The maximum Gasteiger partial charge on any atom is 0.318 e. The van der Waals surface area contributed by atoms with Gasteiger partial charge in [-0.1, -0.05) is 30.3 Å². The van der Waals surface area contributed by atoms with Gasteiger partial charge in [0, 0.05) is 4.47 Å². The molecule has 0 aromatic heterocycles. The standard InChI is InChI=1S/C12H10BrNO4S/c13-12-9-4-2-1-3-8(9)5-6-10(12)19(17,18)14-7-11(15)16/h1-6,14H,7H2,(H,15,16). The molecule has 0 saturated carbocycles. The summed E-state index contributed by atoms with van der Waals surface area (Å²) in [5.41, 5.74) is 0. The van der Waals surface area contributed by atoms with E-state index in [0.29, 0.717) is 4.47 Å². The van der Waals surface area contributed by atoms with E-state index < -0.39 is 22.5 Å². The molecule has 0 spiro atoms. The molecule has 0 amide bonds. The normalized spacial score (nSPS) is 11.6. The fraction of sp³-hybridized carbons (Fsp3) is 0.0833. The molecular formula is C12H10BrNO4S. The van der Waals surface area contributed by atoms with Crippen LogP contribution in [0.4, 0.5) is 0 Å². The Labute approximate surface area is 118 Å². The zero-order valence-corrected chi connectivity index (χ0v) is 12.0. The van der Waals surface area contributed by atoms with Crippen LogP contribution in [-0.2, 0) is 14.8 Å². The highest BCUT2D eigenvalue weighted by Gasteiger charge is 2.19. The van der Waals surface area contributed by atoms with Crippen molar-refractivity contribution in [3.05, 3.63) is 40.9 Å². The van der Waals surface area contributed by atoms with Gasteiger partial charge < -0.3 is 5.11 Å². The molecule has 0 bridgehead atoms. The van der Waals surface area contributed by atoms with Gasteiger partial charge in [-0.15, -0.1) is 0 Å². The fourth-order valence-corrected chi connectivity index (χ4v) is 3.85. The first-order valence-electron chi connectivity index (χ1n) is 5.30. The monoisotopic (exact) mass is 343 g/mol. The number of carboxylic acids is 1. The molecule has 2 aromatic carbocycles. The predicted molar refractivity (Wildman–Crippen MR) is 74.5 cm³/mol. The summed E-state index contributed by atoms with van der Waals surface area (Å²) in [5.74, 6) is -1.24. The van der Waals surface area contributed by atoms with Gasteiger partial charge in [-0.25, -0.2) is 8.42 Å². The summed E-state index contributed by atoms with van der Waals surface area (Å²) in [6.45, 7) is -0.651. The van der Waals surface area contributed by atoms with Crippen molar-refractivity contribution in [1.29, 1.82) is 0 Å². The minimum atomic E-state index is -3.86. The summed E-state index contributed by atoms with van der Waals surface area (Å²) in [7, 11) is -3.86. The first-order chi connectivity index (χ1) is 8.92. The molecule has 5 nitrogen and oxygen atoms in total. The lowest BCUT2D eigenvalue weighted by atomic mass is 10.1. The van der Waals surface area contributed by atoms with Gasteiger partial charge in [-0.2, -0.15) is 4.72 Å². The molecule has 0 saturated heterocycles. The van der Waals surface area contributed by atoms with Crippen molar-refractivity contribution < 1.29 is 18.3 Å². The van der Waals surface area contributed by atoms with E-state index in [4.69, 9.17) is 5.11 Å².